The lowest BCUT2D eigenvalue weighted by Crippen LogP contribution is -2.39. The van der Waals surface area contributed by atoms with Gasteiger partial charge >= 0.3 is 0 Å². The second kappa shape index (κ2) is 5.93. The molecule has 0 radical (unpaired) electrons. The van der Waals surface area contributed by atoms with Crippen LogP contribution in [0, 0.1) is 17.8 Å². The molecule has 20 heavy (non-hydrogen) atoms. The maximum atomic E-state index is 12.4. The van der Waals surface area contributed by atoms with Gasteiger partial charge in [-0.2, -0.15) is 4.31 Å². The van der Waals surface area contributed by atoms with Crippen LogP contribution >= 0.6 is 0 Å². The lowest BCUT2D eigenvalue weighted by atomic mass is 9.84. The van der Waals surface area contributed by atoms with Crippen molar-refractivity contribution in [3.63, 3.8) is 0 Å². The third kappa shape index (κ3) is 2.90. The first-order valence-electron chi connectivity index (χ1n) is 8.08. The van der Waals surface area contributed by atoms with Crippen LogP contribution in [-0.2, 0) is 14.8 Å². The Bertz CT molecular complexity index is 436. The van der Waals surface area contributed by atoms with Gasteiger partial charge in [0, 0.05) is 19.7 Å². The van der Waals surface area contributed by atoms with Gasteiger partial charge in [0.2, 0.25) is 10.0 Å². The van der Waals surface area contributed by atoms with Crippen molar-refractivity contribution >= 4 is 10.0 Å². The van der Waals surface area contributed by atoms with Crippen LogP contribution in [0.15, 0.2) is 0 Å². The molecule has 3 fully saturated rings. The summed E-state index contributed by atoms with van der Waals surface area (Å²) in [6.45, 7) is 1.03. The molecule has 116 valence electrons. The summed E-state index contributed by atoms with van der Waals surface area (Å²) in [5.74, 6) is 2.77. The highest BCUT2D eigenvalue weighted by Crippen LogP contribution is 2.50. The van der Waals surface area contributed by atoms with E-state index < -0.39 is 10.0 Å². The molecule has 4 nitrogen and oxygen atoms in total. The van der Waals surface area contributed by atoms with Gasteiger partial charge in [-0.05, 0) is 56.3 Å². The fraction of sp³-hybridized carbons (Fsp3) is 1.00. The number of hydrogen-bond donors (Lipinski definition) is 0. The average Bonchev–Trinajstić information content (AvgIpc) is 3.12. The molecule has 0 aromatic heterocycles. The molecule has 1 heterocycles. The van der Waals surface area contributed by atoms with Crippen LogP contribution in [0.3, 0.4) is 0 Å². The fourth-order valence-corrected chi connectivity index (χ4v) is 6.40. The molecule has 4 atom stereocenters. The lowest BCUT2D eigenvalue weighted by molar-refractivity contribution is 0.213. The number of rotatable bonds is 6. The Balaban J connectivity index is 1.61. The fourth-order valence-electron chi connectivity index (χ4n) is 4.73. The quantitative estimate of drug-likeness (QED) is 0.756. The van der Waals surface area contributed by atoms with Crippen molar-refractivity contribution in [3.8, 4) is 0 Å². The molecule has 2 saturated carbocycles. The van der Waals surface area contributed by atoms with Crippen LogP contribution < -0.4 is 0 Å². The molecule has 0 N–H and O–H groups in total. The predicted molar refractivity (Wildman–Crippen MR) is 78.9 cm³/mol. The Morgan fingerprint density at radius 3 is 2.70 bits per heavy atom. The summed E-state index contributed by atoms with van der Waals surface area (Å²) in [5.41, 5.74) is 0. The number of hydrogen-bond acceptors (Lipinski definition) is 3. The van der Waals surface area contributed by atoms with Crippen LogP contribution in [0.5, 0.6) is 0 Å². The summed E-state index contributed by atoms with van der Waals surface area (Å²) in [4.78, 5) is 0. The molecule has 0 amide bonds. The van der Waals surface area contributed by atoms with E-state index in [1.165, 1.54) is 25.7 Å². The van der Waals surface area contributed by atoms with E-state index in [4.69, 9.17) is 4.74 Å². The summed E-state index contributed by atoms with van der Waals surface area (Å²) in [7, 11) is -1.56. The van der Waals surface area contributed by atoms with Gasteiger partial charge in [0.25, 0.3) is 0 Å². The van der Waals surface area contributed by atoms with Gasteiger partial charge < -0.3 is 4.74 Å². The highest BCUT2D eigenvalue weighted by molar-refractivity contribution is 7.89. The minimum Gasteiger partial charge on any atom is -0.384 e. The van der Waals surface area contributed by atoms with E-state index in [1.54, 1.807) is 11.4 Å². The van der Waals surface area contributed by atoms with Crippen LogP contribution in [-0.4, -0.2) is 44.8 Å². The standard InChI is InChI=1S/C15H27NO3S/c1-19-7-8-20(17,18)16-6-2-3-15(16)11-14-10-12-4-5-13(14)9-12/h12-15H,2-11H2,1H3. The Morgan fingerprint density at radius 1 is 1.20 bits per heavy atom. The van der Waals surface area contributed by atoms with Gasteiger partial charge in [0.1, 0.15) is 0 Å². The van der Waals surface area contributed by atoms with Crippen molar-refractivity contribution < 1.29 is 13.2 Å². The van der Waals surface area contributed by atoms with Crippen LogP contribution in [0.2, 0.25) is 0 Å². The normalized spacial score (nSPS) is 37.9. The van der Waals surface area contributed by atoms with E-state index in [1.807, 2.05) is 0 Å². The maximum Gasteiger partial charge on any atom is 0.216 e. The first-order valence-corrected chi connectivity index (χ1v) is 9.69. The second-order valence-corrected chi connectivity index (χ2v) is 8.93. The molecule has 2 bridgehead atoms. The van der Waals surface area contributed by atoms with E-state index >= 15 is 0 Å². The first kappa shape index (κ1) is 14.8. The molecule has 1 saturated heterocycles. The van der Waals surface area contributed by atoms with Crippen LogP contribution in [0.1, 0.15) is 44.9 Å². The van der Waals surface area contributed by atoms with Crippen molar-refractivity contribution in [1.82, 2.24) is 4.31 Å². The number of ether oxygens (including phenoxy) is 1. The van der Waals surface area contributed by atoms with Gasteiger partial charge in [-0.15, -0.1) is 0 Å². The summed E-state index contributed by atoms with van der Waals surface area (Å²) in [5, 5.41) is 0. The lowest BCUT2D eigenvalue weighted by Gasteiger charge is -2.29. The molecule has 1 aliphatic heterocycles. The summed E-state index contributed by atoms with van der Waals surface area (Å²) >= 11 is 0. The van der Waals surface area contributed by atoms with Crippen molar-refractivity contribution in [3.05, 3.63) is 0 Å². The highest BCUT2D eigenvalue weighted by atomic mass is 32.2. The van der Waals surface area contributed by atoms with Gasteiger partial charge in [-0.25, -0.2) is 8.42 Å². The van der Waals surface area contributed by atoms with E-state index in [0.29, 0.717) is 6.61 Å². The molecule has 3 rings (SSSR count). The molecule has 0 spiro atoms. The zero-order valence-corrected chi connectivity index (χ0v) is 13.3. The van der Waals surface area contributed by atoms with E-state index in [9.17, 15) is 8.42 Å². The maximum absolute atomic E-state index is 12.4. The molecule has 0 aromatic carbocycles. The Kier molecular flexibility index (Phi) is 4.39. The van der Waals surface area contributed by atoms with Gasteiger partial charge in [0.05, 0.1) is 12.4 Å². The van der Waals surface area contributed by atoms with Crippen molar-refractivity contribution in [1.29, 1.82) is 0 Å². The number of fused-ring (bicyclic) bond motifs is 2. The van der Waals surface area contributed by atoms with E-state index in [2.05, 4.69) is 0 Å². The topological polar surface area (TPSA) is 46.6 Å². The van der Waals surface area contributed by atoms with Crippen LogP contribution in [0.25, 0.3) is 0 Å². The van der Waals surface area contributed by atoms with Crippen molar-refractivity contribution in [2.75, 3.05) is 26.0 Å². The minimum atomic E-state index is -3.12. The van der Waals surface area contributed by atoms with Gasteiger partial charge in [0.15, 0.2) is 0 Å². The summed E-state index contributed by atoms with van der Waals surface area (Å²) in [6.07, 6.45) is 8.76. The van der Waals surface area contributed by atoms with E-state index in [0.717, 1.165) is 43.6 Å². The van der Waals surface area contributed by atoms with Crippen molar-refractivity contribution in [2.45, 2.75) is 51.0 Å². The highest BCUT2D eigenvalue weighted by Gasteiger charge is 2.43. The van der Waals surface area contributed by atoms with Gasteiger partial charge in [-0.1, -0.05) is 6.42 Å². The Hall–Kier alpha value is -0.130. The van der Waals surface area contributed by atoms with Gasteiger partial charge in [-0.3, -0.25) is 0 Å². The zero-order chi connectivity index (χ0) is 14.2. The monoisotopic (exact) mass is 301 g/mol. The van der Waals surface area contributed by atoms with Crippen molar-refractivity contribution in [2.24, 2.45) is 17.8 Å². The predicted octanol–water partition coefficient (Wildman–Crippen LogP) is 2.25. The van der Waals surface area contributed by atoms with Crippen LogP contribution in [0.4, 0.5) is 0 Å². The number of sulfonamides is 1. The molecular formula is C15H27NO3S. The summed E-state index contributed by atoms with van der Waals surface area (Å²) < 4.78 is 31.5. The Labute approximate surface area is 122 Å². The minimum absolute atomic E-state index is 0.136. The SMILES string of the molecule is COCCS(=O)(=O)N1CCCC1CC1CC2CCC1C2. The third-order valence-corrected chi connectivity index (χ3v) is 7.56. The molecular weight excluding hydrogens is 274 g/mol. The molecule has 3 aliphatic rings. The molecule has 5 heteroatoms. The summed E-state index contributed by atoms with van der Waals surface area (Å²) in [6, 6.07) is 0.265. The zero-order valence-electron chi connectivity index (χ0n) is 12.5. The Morgan fingerprint density at radius 2 is 2.05 bits per heavy atom. The smallest absolute Gasteiger partial charge is 0.216 e. The first-order chi connectivity index (χ1) is 9.60. The molecule has 0 aromatic rings. The molecule has 2 aliphatic carbocycles. The third-order valence-electron chi connectivity index (χ3n) is 5.69. The molecule has 4 unspecified atom stereocenters. The largest absolute Gasteiger partial charge is 0.384 e. The number of nitrogens with zero attached hydrogens (tertiary/aromatic N) is 1. The second-order valence-electron chi connectivity index (χ2n) is 6.89. The average molecular weight is 301 g/mol. The van der Waals surface area contributed by atoms with E-state index in [-0.39, 0.29) is 11.8 Å². The number of methoxy groups -OCH3 is 1.